The molecule has 0 aliphatic heterocycles. The van der Waals surface area contributed by atoms with Crippen molar-refractivity contribution in [2.45, 2.75) is 0 Å². The summed E-state index contributed by atoms with van der Waals surface area (Å²) >= 11 is 0. The van der Waals surface area contributed by atoms with Crippen molar-refractivity contribution in [3.05, 3.63) is 60.4 Å². The summed E-state index contributed by atoms with van der Waals surface area (Å²) in [5.41, 5.74) is 1.89. The van der Waals surface area contributed by atoms with Crippen molar-refractivity contribution in [3.8, 4) is 11.4 Å². The van der Waals surface area contributed by atoms with Crippen LogP contribution in [-0.4, -0.2) is 33.2 Å². The van der Waals surface area contributed by atoms with Gasteiger partial charge < -0.3 is 10.1 Å². The molecule has 0 radical (unpaired) electrons. The number of ether oxygens (including phenoxy) is 1. The summed E-state index contributed by atoms with van der Waals surface area (Å²) in [5, 5.41) is 13.8. The third-order valence-corrected chi connectivity index (χ3v) is 3.05. The van der Waals surface area contributed by atoms with Crippen LogP contribution >= 0.6 is 0 Å². The van der Waals surface area contributed by atoms with Gasteiger partial charge in [-0.25, -0.2) is 4.68 Å². The zero-order valence-electron chi connectivity index (χ0n) is 11.8. The van der Waals surface area contributed by atoms with E-state index < -0.39 is 0 Å². The Kier molecular flexibility index (Phi) is 3.78. The Labute approximate surface area is 126 Å². The summed E-state index contributed by atoms with van der Waals surface area (Å²) in [7, 11) is 1.58. The summed E-state index contributed by atoms with van der Waals surface area (Å²) in [6, 6.07) is 14.2. The molecule has 1 N–H and O–H groups in total. The van der Waals surface area contributed by atoms with Crippen LogP contribution in [0.3, 0.4) is 0 Å². The van der Waals surface area contributed by atoms with Crippen molar-refractivity contribution < 1.29 is 9.53 Å². The van der Waals surface area contributed by atoms with Gasteiger partial charge in [-0.3, -0.25) is 4.79 Å². The second kappa shape index (κ2) is 6.04. The Morgan fingerprint density at radius 3 is 2.82 bits per heavy atom. The number of nitrogens with zero attached hydrogens (tertiary/aromatic N) is 4. The molecule has 0 aliphatic carbocycles. The van der Waals surface area contributed by atoms with E-state index in [1.807, 2.05) is 18.2 Å². The van der Waals surface area contributed by atoms with Gasteiger partial charge in [0, 0.05) is 17.3 Å². The lowest BCUT2D eigenvalue weighted by molar-refractivity contribution is 0.102. The van der Waals surface area contributed by atoms with Crippen molar-refractivity contribution in [2.75, 3.05) is 12.4 Å². The molecule has 0 fully saturated rings. The second-order valence-corrected chi connectivity index (χ2v) is 4.49. The maximum Gasteiger partial charge on any atom is 0.255 e. The predicted octanol–water partition coefficient (Wildman–Crippen LogP) is 1.92. The Morgan fingerprint density at radius 1 is 1.18 bits per heavy atom. The highest BCUT2D eigenvalue weighted by molar-refractivity contribution is 6.04. The first-order chi connectivity index (χ1) is 10.8. The van der Waals surface area contributed by atoms with Gasteiger partial charge in [0.05, 0.1) is 12.8 Å². The molecule has 0 aliphatic rings. The fourth-order valence-corrected chi connectivity index (χ4v) is 1.97. The molecule has 0 saturated carbocycles. The fraction of sp³-hybridized carbons (Fsp3) is 0.0667. The fourth-order valence-electron chi connectivity index (χ4n) is 1.97. The number of aromatic nitrogens is 4. The van der Waals surface area contributed by atoms with Crippen molar-refractivity contribution in [2.24, 2.45) is 0 Å². The molecule has 3 aromatic rings. The third-order valence-electron chi connectivity index (χ3n) is 3.05. The van der Waals surface area contributed by atoms with Crippen molar-refractivity contribution in [1.82, 2.24) is 20.2 Å². The highest BCUT2D eigenvalue weighted by atomic mass is 16.5. The summed E-state index contributed by atoms with van der Waals surface area (Å²) in [4.78, 5) is 12.3. The van der Waals surface area contributed by atoms with Gasteiger partial charge >= 0.3 is 0 Å². The van der Waals surface area contributed by atoms with Crippen molar-refractivity contribution in [3.63, 3.8) is 0 Å². The van der Waals surface area contributed by atoms with Crippen LogP contribution in [-0.2, 0) is 0 Å². The number of hydrogen-bond acceptors (Lipinski definition) is 5. The number of benzene rings is 2. The second-order valence-electron chi connectivity index (χ2n) is 4.49. The largest absolute Gasteiger partial charge is 0.497 e. The first-order valence-electron chi connectivity index (χ1n) is 6.55. The van der Waals surface area contributed by atoms with Crippen LogP contribution in [0, 0.1) is 0 Å². The van der Waals surface area contributed by atoms with Gasteiger partial charge in [0.2, 0.25) is 0 Å². The van der Waals surface area contributed by atoms with E-state index in [1.165, 1.54) is 11.0 Å². The number of tetrazole rings is 1. The first-order valence-corrected chi connectivity index (χ1v) is 6.55. The van der Waals surface area contributed by atoms with Gasteiger partial charge in [0.15, 0.2) is 0 Å². The minimum Gasteiger partial charge on any atom is -0.497 e. The van der Waals surface area contributed by atoms with Gasteiger partial charge in [-0.05, 0) is 40.8 Å². The van der Waals surface area contributed by atoms with E-state index in [0.717, 1.165) is 0 Å². The lowest BCUT2D eigenvalue weighted by Gasteiger charge is -2.08. The molecular formula is C15H13N5O2. The average Bonchev–Trinajstić information content (AvgIpc) is 3.09. The molecule has 3 rings (SSSR count). The van der Waals surface area contributed by atoms with Gasteiger partial charge in [-0.2, -0.15) is 0 Å². The number of anilines is 1. The van der Waals surface area contributed by atoms with Crippen LogP contribution in [0.15, 0.2) is 54.9 Å². The lowest BCUT2D eigenvalue weighted by Crippen LogP contribution is -2.12. The van der Waals surface area contributed by atoms with Gasteiger partial charge in [-0.1, -0.05) is 12.1 Å². The molecule has 0 bridgehead atoms. The summed E-state index contributed by atoms with van der Waals surface area (Å²) in [5.74, 6) is 0.461. The minimum absolute atomic E-state index is 0.219. The molecule has 1 amide bonds. The van der Waals surface area contributed by atoms with Gasteiger partial charge in [0.25, 0.3) is 5.91 Å². The highest BCUT2D eigenvalue weighted by Crippen LogP contribution is 2.18. The summed E-state index contributed by atoms with van der Waals surface area (Å²) in [6.45, 7) is 0. The maximum atomic E-state index is 12.3. The number of nitrogens with one attached hydrogen (secondary N) is 1. The topological polar surface area (TPSA) is 81.9 Å². The van der Waals surface area contributed by atoms with E-state index in [0.29, 0.717) is 22.7 Å². The smallest absolute Gasteiger partial charge is 0.255 e. The molecule has 1 aromatic heterocycles. The summed E-state index contributed by atoms with van der Waals surface area (Å²) < 4.78 is 6.62. The van der Waals surface area contributed by atoms with Gasteiger partial charge in [0.1, 0.15) is 12.1 Å². The zero-order valence-corrected chi connectivity index (χ0v) is 11.8. The number of hydrogen-bond donors (Lipinski definition) is 1. The van der Waals surface area contributed by atoms with E-state index in [2.05, 4.69) is 20.8 Å². The molecule has 0 atom stereocenters. The Hall–Kier alpha value is -3.22. The summed E-state index contributed by atoms with van der Waals surface area (Å²) in [6.07, 6.45) is 1.47. The number of methoxy groups -OCH3 is 1. The standard InChI is InChI=1S/C15H13N5O2/c1-22-14-7-3-5-12(9-14)17-15(21)11-4-2-6-13(8-11)20-10-16-18-19-20/h2-10H,1H3,(H,17,21). The molecule has 0 saturated heterocycles. The normalized spacial score (nSPS) is 10.2. The Balaban J connectivity index is 1.81. The number of amides is 1. The third kappa shape index (κ3) is 2.93. The van der Waals surface area contributed by atoms with Crippen LogP contribution in [0.4, 0.5) is 5.69 Å². The molecule has 22 heavy (non-hydrogen) atoms. The minimum atomic E-state index is -0.219. The quantitative estimate of drug-likeness (QED) is 0.795. The molecule has 1 heterocycles. The predicted molar refractivity (Wildman–Crippen MR) is 80.1 cm³/mol. The number of carbonyl (C=O) groups is 1. The molecule has 0 spiro atoms. The molecule has 110 valence electrons. The van der Waals surface area contributed by atoms with Crippen LogP contribution in [0.25, 0.3) is 5.69 Å². The molecule has 7 heteroatoms. The maximum absolute atomic E-state index is 12.3. The van der Waals surface area contributed by atoms with Crippen LogP contribution in [0.2, 0.25) is 0 Å². The lowest BCUT2D eigenvalue weighted by atomic mass is 10.2. The van der Waals surface area contributed by atoms with E-state index in [1.54, 1.807) is 37.4 Å². The van der Waals surface area contributed by atoms with Crippen LogP contribution in [0.1, 0.15) is 10.4 Å². The number of carbonyl (C=O) groups excluding carboxylic acids is 1. The Morgan fingerprint density at radius 2 is 2.05 bits per heavy atom. The van der Waals surface area contributed by atoms with Gasteiger partial charge in [-0.15, -0.1) is 5.10 Å². The van der Waals surface area contributed by atoms with Crippen LogP contribution < -0.4 is 10.1 Å². The highest BCUT2D eigenvalue weighted by Gasteiger charge is 2.08. The molecule has 2 aromatic carbocycles. The average molecular weight is 295 g/mol. The van der Waals surface area contributed by atoms with Crippen molar-refractivity contribution >= 4 is 11.6 Å². The van der Waals surface area contributed by atoms with E-state index >= 15 is 0 Å². The zero-order chi connectivity index (χ0) is 15.4. The van der Waals surface area contributed by atoms with E-state index in [4.69, 9.17) is 4.74 Å². The van der Waals surface area contributed by atoms with E-state index in [9.17, 15) is 4.79 Å². The first kappa shape index (κ1) is 13.7. The molecule has 7 nitrogen and oxygen atoms in total. The molecule has 0 unspecified atom stereocenters. The monoisotopic (exact) mass is 295 g/mol. The molecular weight excluding hydrogens is 282 g/mol. The Bertz CT molecular complexity index is 786. The van der Waals surface area contributed by atoms with E-state index in [-0.39, 0.29) is 5.91 Å². The van der Waals surface area contributed by atoms with Crippen molar-refractivity contribution in [1.29, 1.82) is 0 Å². The van der Waals surface area contributed by atoms with Crippen LogP contribution in [0.5, 0.6) is 5.75 Å². The number of rotatable bonds is 4. The SMILES string of the molecule is COc1cccc(NC(=O)c2cccc(-n3cnnn3)c2)c1.